The van der Waals surface area contributed by atoms with Gasteiger partial charge in [-0.2, -0.15) is 0 Å². The Kier molecular flexibility index (Phi) is 4.55. The zero-order valence-corrected chi connectivity index (χ0v) is 13.5. The van der Waals surface area contributed by atoms with Crippen LogP contribution in [0.3, 0.4) is 0 Å². The van der Waals surface area contributed by atoms with E-state index < -0.39 is 0 Å². The molecular formula is C17H29NO3. The summed E-state index contributed by atoms with van der Waals surface area (Å²) >= 11 is 0. The van der Waals surface area contributed by atoms with Crippen molar-refractivity contribution in [2.45, 2.75) is 76.6 Å². The van der Waals surface area contributed by atoms with Gasteiger partial charge < -0.3 is 14.4 Å². The van der Waals surface area contributed by atoms with Crippen molar-refractivity contribution in [1.29, 1.82) is 0 Å². The number of ether oxygens (including phenoxy) is 2. The lowest BCUT2D eigenvalue weighted by molar-refractivity contribution is -0.179. The molecule has 4 heteroatoms. The minimum Gasteiger partial charge on any atom is -0.375 e. The van der Waals surface area contributed by atoms with E-state index in [-0.39, 0.29) is 17.8 Å². The molecule has 3 fully saturated rings. The van der Waals surface area contributed by atoms with Crippen LogP contribution in [-0.2, 0) is 14.3 Å². The Morgan fingerprint density at radius 3 is 2.71 bits per heavy atom. The van der Waals surface area contributed by atoms with E-state index in [0.29, 0.717) is 18.9 Å². The largest absolute Gasteiger partial charge is 0.375 e. The van der Waals surface area contributed by atoms with Gasteiger partial charge in [0.1, 0.15) is 5.60 Å². The molecule has 3 atom stereocenters. The number of hydrogen-bond donors (Lipinski definition) is 0. The molecule has 0 aromatic rings. The zero-order chi connectivity index (χ0) is 14.9. The van der Waals surface area contributed by atoms with E-state index in [1.807, 2.05) is 4.90 Å². The van der Waals surface area contributed by atoms with Crippen LogP contribution in [0.4, 0.5) is 0 Å². The number of morpholine rings is 1. The Labute approximate surface area is 128 Å². The highest BCUT2D eigenvalue weighted by molar-refractivity contribution is 5.76. The van der Waals surface area contributed by atoms with Gasteiger partial charge in [0.15, 0.2) is 0 Å². The first-order valence-electron chi connectivity index (χ1n) is 8.66. The topological polar surface area (TPSA) is 38.8 Å². The van der Waals surface area contributed by atoms with Crippen LogP contribution in [0.15, 0.2) is 0 Å². The van der Waals surface area contributed by atoms with Crippen LogP contribution in [0.5, 0.6) is 0 Å². The molecule has 0 N–H and O–H groups in total. The minimum atomic E-state index is -0.263. The lowest BCUT2D eigenvalue weighted by Gasteiger charge is -2.45. The van der Waals surface area contributed by atoms with Crippen molar-refractivity contribution in [3.63, 3.8) is 0 Å². The quantitative estimate of drug-likeness (QED) is 0.803. The average Bonchev–Trinajstić information content (AvgIpc) is 3.07. The second-order valence-corrected chi connectivity index (χ2v) is 7.22. The smallest absolute Gasteiger partial charge is 0.222 e. The maximum absolute atomic E-state index is 12.6. The molecule has 120 valence electrons. The third-order valence-corrected chi connectivity index (χ3v) is 5.60. The number of rotatable bonds is 3. The molecule has 0 unspecified atom stereocenters. The predicted molar refractivity (Wildman–Crippen MR) is 81.1 cm³/mol. The van der Waals surface area contributed by atoms with Crippen molar-refractivity contribution in [2.75, 3.05) is 19.7 Å². The molecule has 3 rings (SSSR count). The van der Waals surface area contributed by atoms with Gasteiger partial charge in [-0.3, -0.25) is 4.79 Å². The fourth-order valence-electron chi connectivity index (χ4n) is 4.27. The van der Waals surface area contributed by atoms with Gasteiger partial charge in [-0.05, 0) is 26.2 Å². The van der Waals surface area contributed by atoms with E-state index in [2.05, 4.69) is 13.8 Å². The molecule has 1 spiro atoms. The lowest BCUT2D eigenvalue weighted by atomic mass is 9.92. The van der Waals surface area contributed by atoms with E-state index in [0.717, 1.165) is 31.9 Å². The van der Waals surface area contributed by atoms with E-state index >= 15 is 0 Å². The predicted octanol–water partition coefficient (Wildman–Crippen LogP) is 2.75. The van der Waals surface area contributed by atoms with E-state index in [4.69, 9.17) is 9.47 Å². The Bertz CT molecular complexity index is 380. The molecule has 4 nitrogen and oxygen atoms in total. The summed E-state index contributed by atoms with van der Waals surface area (Å²) < 4.78 is 11.9. The van der Waals surface area contributed by atoms with Gasteiger partial charge in [0.2, 0.25) is 5.91 Å². The summed E-state index contributed by atoms with van der Waals surface area (Å²) in [5.74, 6) is 1.10. The standard InChI is InChI=1S/C17H29NO3/c1-13-11-18(12-17(21-13)9-10-20-14(17)2)16(19)8-7-15-5-3-4-6-15/h13-15H,3-12H2,1-2H3/t13-,14+,17+/m1/s1. The molecule has 1 saturated carbocycles. The molecule has 21 heavy (non-hydrogen) atoms. The van der Waals surface area contributed by atoms with Crippen LogP contribution in [0.25, 0.3) is 0 Å². The first kappa shape index (κ1) is 15.3. The van der Waals surface area contributed by atoms with Gasteiger partial charge in [-0.1, -0.05) is 25.7 Å². The first-order chi connectivity index (χ1) is 10.1. The molecule has 0 radical (unpaired) electrons. The Hall–Kier alpha value is -0.610. The summed E-state index contributed by atoms with van der Waals surface area (Å²) in [4.78, 5) is 14.6. The second kappa shape index (κ2) is 6.25. The van der Waals surface area contributed by atoms with Crippen LogP contribution in [-0.4, -0.2) is 48.3 Å². The molecule has 2 saturated heterocycles. The Balaban J connectivity index is 1.57. The Morgan fingerprint density at radius 1 is 1.29 bits per heavy atom. The highest BCUT2D eigenvalue weighted by Gasteiger charge is 2.48. The van der Waals surface area contributed by atoms with Gasteiger partial charge in [0, 0.05) is 26.0 Å². The van der Waals surface area contributed by atoms with Gasteiger partial charge in [-0.15, -0.1) is 0 Å². The van der Waals surface area contributed by atoms with Crippen LogP contribution >= 0.6 is 0 Å². The van der Waals surface area contributed by atoms with Gasteiger partial charge >= 0.3 is 0 Å². The summed E-state index contributed by atoms with van der Waals surface area (Å²) in [6.45, 7) is 6.34. The number of carbonyl (C=O) groups is 1. The molecule has 1 amide bonds. The highest BCUT2D eigenvalue weighted by atomic mass is 16.6. The van der Waals surface area contributed by atoms with Crippen molar-refractivity contribution in [3.05, 3.63) is 0 Å². The molecule has 3 aliphatic rings. The van der Waals surface area contributed by atoms with E-state index in [1.54, 1.807) is 0 Å². The van der Waals surface area contributed by atoms with Crippen LogP contribution in [0.2, 0.25) is 0 Å². The maximum Gasteiger partial charge on any atom is 0.222 e. The highest BCUT2D eigenvalue weighted by Crippen LogP contribution is 2.35. The minimum absolute atomic E-state index is 0.0883. The second-order valence-electron chi connectivity index (χ2n) is 7.22. The number of hydrogen-bond acceptors (Lipinski definition) is 3. The first-order valence-corrected chi connectivity index (χ1v) is 8.66. The summed E-state index contributed by atoms with van der Waals surface area (Å²) in [6, 6.07) is 0. The zero-order valence-electron chi connectivity index (χ0n) is 13.5. The summed E-state index contributed by atoms with van der Waals surface area (Å²) in [5.41, 5.74) is -0.263. The SMILES string of the molecule is C[C@@H]1CN(C(=O)CCC2CCCC2)C[C@]2(CCO[C@H]2C)O1. The molecule has 2 aliphatic heterocycles. The summed E-state index contributed by atoms with van der Waals surface area (Å²) in [5, 5.41) is 0. The van der Waals surface area contributed by atoms with Crippen molar-refractivity contribution in [1.82, 2.24) is 4.90 Å². The fraction of sp³-hybridized carbons (Fsp3) is 0.941. The summed E-state index contributed by atoms with van der Waals surface area (Å²) in [7, 11) is 0. The third kappa shape index (κ3) is 3.26. The summed E-state index contributed by atoms with van der Waals surface area (Å²) in [6.07, 6.45) is 8.24. The van der Waals surface area contributed by atoms with Crippen molar-refractivity contribution >= 4 is 5.91 Å². The number of carbonyl (C=O) groups excluding carboxylic acids is 1. The number of amides is 1. The third-order valence-electron chi connectivity index (χ3n) is 5.60. The van der Waals surface area contributed by atoms with Gasteiger partial charge in [0.05, 0.1) is 18.8 Å². The van der Waals surface area contributed by atoms with Crippen LogP contribution in [0, 0.1) is 5.92 Å². The molecule has 0 aromatic heterocycles. The average molecular weight is 295 g/mol. The van der Waals surface area contributed by atoms with E-state index in [9.17, 15) is 4.79 Å². The van der Waals surface area contributed by atoms with Gasteiger partial charge in [-0.25, -0.2) is 0 Å². The molecule has 0 aromatic carbocycles. The fourth-order valence-corrected chi connectivity index (χ4v) is 4.27. The maximum atomic E-state index is 12.6. The van der Waals surface area contributed by atoms with Crippen molar-refractivity contribution < 1.29 is 14.3 Å². The Morgan fingerprint density at radius 2 is 2.05 bits per heavy atom. The van der Waals surface area contributed by atoms with E-state index in [1.165, 1.54) is 25.7 Å². The van der Waals surface area contributed by atoms with Gasteiger partial charge in [0.25, 0.3) is 0 Å². The van der Waals surface area contributed by atoms with Crippen LogP contribution < -0.4 is 0 Å². The lowest BCUT2D eigenvalue weighted by Crippen LogP contribution is -2.59. The number of nitrogens with zero attached hydrogens (tertiary/aromatic N) is 1. The van der Waals surface area contributed by atoms with Crippen molar-refractivity contribution in [3.8, 4) is 0 Å². The normalized spacial score (nSPS) is 37.5. The molecular weight excluding hydrogens is 266 g/mol. The molecule has 1 aliphatic carbocycles. The molecule has 2 heterocycles. The van der Waals surface area contributed by atoms with Crippen molar-refractivity contribution in [2.24, 2.45) is 5.92 Å². The molecule has 0 bridgehead atoms. The monoisotopic (exact) mass is 295 g/mol. The van der Waals surface area contributed by atoms with Crippen LogP contribution in [0.1, 0.15) is 58.8 Å².